The maximum Gasteiger partial charge on any atom is 0.164 e. The van der Waals surface area contributed by atoms with Gasteiger partial charge in [0.15, 0.2) is 34.9 Å². The van der Waals surface area contributed by atoms with E-state index in [9.17, 15) is 0 Å². The zero-order valence-electron chi connectivity index (χ0n) is 55.2. The second-order valence-corrected chi connectivity index (χ2v) is 25.4. The molecule has 0 unspecified atom stereocenters. The maximum atomic E-state index is 5.01. The van der Waals surface area contributed by atoms with Crippen LogP contribution >= 0.6 is 0 Å². The molecule has 0 saturated carbocycles. The molecule has 102 heavy (non-hydrogen) atoms. The Morgan fingerprint density at radius 1 is 0.147 bits per heavy atom. The zero-order valence-corrected chi connectivity index (χ0v) is 55.2. The van der Waals surface area contributed by atoms with Crippen LogP contribution in [0.5, 0.6) is 0 Å². The molecule has 19 aromatic rings. The van der Waals surface area contributed by atoms with Gasteiger partial charge in [-0.05, 0) is 100 Å². The maximum absolute atomic E-state index is 5.01. The van der Waals surface area contributed by atoms with Gasteiger partial charge in [-0.2, -0.15) is 0 Å². The fourth-order valence-corrected chi connectivity index (χ4v) is 14.0. The first-order valence-corrected chi connectivity index (χ1v) is 34.2. The number of nitrogens with zero attached hydrogens (tertiary/aromatic N) is 8. The minimum atomic E-state index is 0.635. The molecular weight excluding hydrogens is 1240 g/mol. The van der Waals surface area contributed by atoms with Gasteiger partial charge in [-0.25, -0.2) is 29.9 Å². The van der Waals surface area contributed by atoms with Gasteiger partial charge in [0.25, 0.3) is 0 Å². The normalized spacial score (nSPS) is 11.3. The molecule has 476 valence electrons. The summed E-state index contributed by atoms with van der Waals surface area (Å²) in [5.41, 5.74) is 19.3. The Bertz CT molecular complexity index is 6270. The first-order valence-electron chi connectivity index (χ1n) is 34.2. The summed E-state index contributed by atoms with van der Waals surface area (Å²) in [5.74, 6) is 3.87. The van der Waals surface area contributed by atoms with Crippen molar-refractivity contribution in [2.45, 2.75) is 0 Å². The molecule has 4 heterocycles. The van der Waals surface area contributed by atoms with E-state index in [1.54, 1.807) is 0 Å². The molecule has 4 aromatic heterocycles. The monoisotopic (exact) mass is 1300 g/mol. The van der Waals surface area contributed by atoms with Crippen molar-refractivity contribution in [3.8, 4) is 124 Å². The van der Waals surface area contributed by atoms with Crippen LogP contribution in [0.25, 0.3) is 189 Å². The van der Waals surface area contributed by atoms with Crippen LogP contribution in [-0.4, -0.2) is 39.9 Å². The number of aromatic nitrogens is 8. The summed E-state index contributed by atoms with van der Waals surface area (Å²) >= 11 is 0. The molecule has 8 nitrogen and oxygen atoms in total. The molecule has 0 saturated heterocycles. The average molecular weight is 1300 g/mol. The highest BCUT2D eigenvalue weighted by Gasteiger charge is 2.18. The van der Waals surface area contributed by atoms with Gasteiger partial charge in [-0.3, -0.25) is 9.97 Å². The van der Waals surface area contributed by atoms with Gasteiger partial charge in [0.2, 0.25) is 0 Å². The molecular formula is C94H60N8. The molecule has 0 atom stereocenters. The molecule has 0 amide bonds. The van der Waals surface area contributed by atoms with Crippen molar-refractivity contribution >= 4 is 64.9 Å². The van der Waals surface area contributed by atoms with Crippen molar-refractivity contribution in [2.24, 2.45) is 0 Å². The molecule has 8 heteroatoms. The quantitative estimate of drug-likeness (QED) is 0.118. The summed E-state index contributed by atoms with van der Waals surface area (Å²) in [6.07, 6.45) is 3.93. The van der Waals surface area contributed by atoms with Gasteiger partial charge in [0, 0.05) is 67.3 Å². The highest BCUT2D eigenvalue weighted by atomic mass is 15.0. The van der Waals surface area contributed by atoms with E-state index in [-0.39, 0.29) is 0 Å². The SMILES string of the molecule is c1ccc(-c2ccc(-c3nc(-c4ccccc4)nc(-c4ccc(-c5ccc(-c6ccc7c(c6)ncc6ccccc67)c6ccccc56)cc4)n3)cc2)cc1.c1ccc(-c2nc(-c3ccccc3)nc(-c3ccc(-c4ccc(-c5ccc6c(c5)ncc5ccccc56)c5ccccc45)cc3)n2)cc1. The highest BCUT2D eigenvalue weighted by Crippen LogP contribution is 2.41. The standard InChI is InChI=1S/C50H32N4.C44H28N4/c1-3-11-33(12-4-1)34-19-23-37(24-20-34)49-52-48(36-13-5-2-6-14-36)53-50(54-49)38-25-21-35(22-26-38)42-29-30-43(45-18-10-9-17-44(42)45)39-27-28-46-41-16-8-7-15-40(41)32-51-47(46)31-39;1-3-11-30(12-4-1)42-46-43(31-13-5-2-6-14-31)48-44(47-42)32-21-19-29(20-22-32)36-25-26-37(39-18-10-9-17-38(36)39)33-23-24-40-35-16-8-7-15-34(35)28-45-41(40)27-33/h1-32H;1-28H. The predicted molar refractivity (Wildman–Crippen MR) is 420 cm³/mol. The second kappa shape index (κ2) is 26.5. The lowest BCUT2D eigenvalue weighted by Crippen LogP contribution is -2.00. The first kappa shape index (κ1) is 60.6. The first-order chi connectivity index (χ1) is 50.5. The van der Waals surface area contributed by atoms with Crippen LogP contribution in [0.1, 0.15) is 0 Å². The van der Waals surface area contributed by atoms with E-state index in [0.29, 0.717) is 34.9 Å². The Balaban J connectivity index is 0.000000147. The number of pyridine rings is 2. The molecule has 0 radical (unpaired) electrons. The molecule has 19 rings (SSSR count). The van der Waals surface area contributed by atoms with Crippen LogP contribution in [0.4, 0.5) is 0 Å². The second-order valence-electron chi connectivity index (χ2n) is 25.4. The molecule has 15 aromatic carbocycles. The lowest BCUT2D eigenvalue weighted by molar-refractivity contribution is 1.07. The molecule has 0 bridgehead atoms. The summed E-state index contributed by atoms with van der Waals surface area (Å²) < 4.78 is 0. The smallest absolute Gasteiger partial charge is 0.164 e. The third-order valence-corrected chi connectivity index (χ3v) is 19.2. The topological polar surface area (TPSA) is 103 Å². The summed E-state index contributed by atoms with van der Waals surface area (Å²) in [6.45, 7) is 0. The highest BCUT2D eigenvalue weighted by molar-refractivity contribution is 6.11. The molecule has 0 fully saturated rings. The molecule has 0 aliphatic rings. The van der Waals surface area contributed by atoms with E-state index in [4.69, 9.17) is 39.9 Å². The van der Waals surface area contributed by atoms with Gasteiger partial charge >= 0.3 is 0 Å². The molecule has 0 N–H and O–H groups in total. The van der Waals surface area contributed by atoms with E-state index < -0.39 is 0 Å². The van der Waals surface area contributed by atoms with Crippen LogP contribution < -0.4 is 0 Å². The van der Waals surface area contributed by atoms with Crippen molar-refractivity contribution in [3.63, 3.8) is 0 Å². The van der Waals surface area contributed by atoms with Gasteiger partial charge in [-0.1, -0.05) is 340 Å². The summed E-state index contributed by atoms with van der Waals surface area (Å²) in [7, 11) is 0. The van der Waals surface area contributed by atoms with Gasteiger partial charge in [0.05, 0.1) is 11.0 Å². The van der Waals surface area contributed by atoms with Gasteiger partial charge in [0.1, 0.15) is 0 Å². The number of hydrogen-bond donors (Lipinski definition) is 0. The Hall–Kier alpha value is -13.8. The van der Waals surface area contributed by atoms with Gasteiger partial charge in [-0.15, -0.1) is 0 Å². The van der Waals surface area contributed by atoms with Crippen molar-refractivity contribution in [2.75, 3.05) is 0 Å². The van der Waals surface area contributed by atoms with Crippen molar-refractivity contribution in [3.05, 3.63) is 364 Å². The number of fused-ring (bicyclic) bond motifs is 8. The molecule has 0 spiro atoms. The minimum Gasteiger partial charge on any atom is -0.256 e. The Kier molecular flexibility index (Phi) is 15.8. The van der Waals surface area contributed by atoms with Crippen LogP contribution in [0.3, 0.4) is 0 Å². The predicted octanol–water partition coefficient (Wildman–Crippen LogP) is 23.8. The Labute approximate surface area is 589 Å². The number of benzene rings is 15. The molecule has 0 aliphatic heterocycles. The third-order valence-electron chi connectivity index (χ3n) is 19.2. The summed E-state index contributed by atoms with van der Waals surface area (Å²) in [5, 5.41) is 11.9. The van der Waals surface area contributed by atoms with Crippen LogP contribution in [0, 0.1) is 0 Å². The van der Waals surface area contributed by atoms with Crippen LogP contribution in [0.15, 0.2) is 364 Å². The Morgan fingerprint density at radius 3 is 0.696 bits per heavy atom. The number of hydrogen-bond acceptors (Lipinski definition) is 8. The summed E-state index contributed by atoms with van der Waals surface area (Å²) in [4.78, 5) is 39.2. The zero-order chi connectivity index (χ0) is 67.7. The van der Waals surface area contributed by atoms with E-state index in [1.807, 2.05) is 109 Å². The van der Waals surface area contributed by atoms with Crippen molar-refractivity contribution < 1.29 is 0 Å². The van der Waals surface area contributed by atoms with E-state index >= 15 is 0 Å². The number of rotatable bonds is 11. The van der Waals surface area contributed by atoms with E-state index in [1.165, 1.54) is 70.9 Å². The third kappa shape index (κ3) is 11.8. The minimum absolute atomic E-state index is 0.635. The van der Waals surface area contributed by atoms with Crippen LogP contribution in [-0.2, 0) is 0 Å². The fourth-order valence-electron chi connectivity index (χ4n) is 14.0. The van der Waals surface area contributed by atoms with Crippen LogP contribution in [0.2, 0.25) is 0 Å². The summed E-state index contributed by atoms with van der Waals surface area (Å²) in [6, 6.07) is 122. The van der Waals surface area contributed by atoms with E-state index in [0.717, 1.165) is 83.0 Å². The van der Waals surface area contributed by atoms with Crippen molar-refractivity contribution in [1.29, 1.82) is 0 Å². The molecule has 0 aliphatic carbocycles. The lowest BCUT2D eigenvalue weighted by Gasteiger charge is -2.13. The van der Waals surface area contributed by atoms with Gasteiger partial charge < -0.3 is 0 Å². The fraction of sp³-hybridized carbons (Fsp3) is 0. The van der Waals surface area contributed by atoms with E-state index in [2.05, 4.69) is 255 Å². The van der Waals surface area contributed by atoms with Crippen molar-refractivity contribution in [1.82, 2.24) is 39.9 Å². The Morgan fingerprint density at radius 2 is 0.373 bits per heavy atom. The average Bonchev–Trinajstić information content (AvgIpc) is 0.765. The largest absolute Gasteiger partial charge is 0.256 e. The lowest BCUT2D eigenvalue weighted by atomic mass is 9.91.